The summed E-state index contributed by atoms with van der Waals surface area (Å²) in [5, 5.41) is 18.8. The summed E-state index contributed by atoms with van der Waals surface area (Å²) in [5.41, 5.74) is 0. The van der Waals surface area contributed by atoms with Crippen molar-refractivity contribution in [3.05, 3.63) is 5.76 Å². The monoisotopic (exact) mass is 977 g/mol. The fraction of sp³-hybridized carbons (Fsp3) is 0.933. The third-order valence-corrected chi connectivity index (χ3v) is 14.1. The standard InChI is InChI=1S/C60H116N2O7/c1-3-5-7-9-11-13-15-16-17-18-19-20-21-22-23-24-26-28-30-32-43-56-69-60(67)47-38-35-41-49-61(48-40-34-37-46-59(65)66)51-44-52-62(53-54-63)50-39-33-36-45-58(57-64)68-55-42-31-29-27-25-14-12-10-8-6-4-2/h63H,3-56H2,1-2H3,(H,65,66). The molecule has 408 valence electrons. The fourth-order valence-corrected chi connectivity index (χ4v) is 9.60. The number of esters is 1. The second-order valence-corrected chi connectivity index (χ2v) is 20.8. The van der Waals surface area contributed by atoms with E-state index in [2.05, 4.69) is 23.6 Å². The van der Waals surface area contributed by atoms with Crippen LogP contribution in [-0.2, 0) is 23.9 Å². The Balaban J connectivity index is 4.07. The van der Waals surface area contributed by atoms with Crippen LogP contribution in [0.1, 0.15) is 303 Å². The molecule has 9 nitrogen and oxygen atoms in total. The highest BCUT2D eigenvalue weighted by Crippen LogP contribution is 2.17. The van der Waals surface area contributed by atoms with Gasteiger partial charge < -0.3 is 29.5 Å². The number of nitrogens with zero attached hydrogens (tertiary/aromatic N) is 2. The number of hydrogen-bond acceptors (Lipinski definition) is 8. The third-order valence-electron chi connectivity index (χ3n) is 14.1. The van der Waals surface area contributed by atoms with E-state index in [4.69, 9.17) is 14.6 Å². The summed E-state index contributed by atoms with van der Waals surface area (Å²) in [6, 6.07) is 0. The lowest BCUT2D eigenvalue weighted by Crippen LogP contribution is -2.33. The second kappa shape index (κ2) is 57.0. The Kier molecular flexibility index (Phi) is 55.4. The van der Waals surface area contributed by atoms with Gasteiger partial charge in [0, 0.05) is 25.8 Å². The summed E-state index contributed by atoms with van der Waals surface area (Å²) >= 11 is 0. The normalized spacial score (nSPS) is 11.5. The first-order valence-electron chi connectivity index (χ1n) is 30.3. The molecule has 0 bridgehead atoms. The zero-order valence-electron chi connectivity index (χ0n) is 46.0. The van der Waals surface area contributed by atoms with Crippen LogP contribution in [0.4, 0.5) is 0 Å². The molecule has 0 aromatic rings. The van der Waals surface area contributed by atoms with E-state index < -0.39 is 5.97 Å². The number of ether oxygens (including phenoxy) is 2. The molecule has 0 aliphatic heterocycles. The van der Waals surface area contributed by atoms with Gasteiger partial charge >= 0.3 is 11.9 Å². The molecule has 0 atom stereocenters. The van der Waals surface area contributed by atoms with E-state index in [-0.39, 0.29) is 19.0 Å². The van der Waals surface area contributed by atoms with Gasteiger partial charge in [-0.05, 0) is 90.5 Å². The minimum absolute atomic E-state index is 0.0637. The van der Waals surface area contributed by atoms with Gasteiger partial charge in [-0.25, -0.2) is 4.79 Å². The lowest BCUT2D eigenvalue weighted by atomic mass is 10.0. The zero-order chi connectivity index (χ0) is 50.2. The van der Waals surface area contributed by atoms with Crippen LogP contribution >= 0.6 is 0 Å². The van der Waals surface area contributed by atoms with E-state index in [9.17, 15) is 19.5 Å². The molecule has 0 unspecified atom stereocenters. The SMILES string of the molecule is CCCCCCCCCCCCCCCCCCCCCCCOC(=O)CCCCCN(CCCCCC(=O)O)CCCN(CCO)CCCCCC(=C=O)OCCCCCCCCCCCCC. The molecule has 0 aliphatic carbocycles. The fourth-order valence-electron chi connectivity index (χ4n) is 9.60. The van der Waals surface area contributed by atoms with Crippen molar-refractivity contribution in [2.45, 2.75) is 303 Å². The largest absolute Gasteiger partial charge is 0.487 e. The van der Waals surface area contributed by atoms with Gasteiger partial charge in [-0.1, -0.05) is 226 Å². The minimum atomic E-state index is -0.728. The Morgan fingerprint density at radius 3 is 1.03 bits per heavy atom. The summed E-state index contributed by atoms with van der Waals surface area (Å²) in [4.78, 5) is 39.7. The molecule has 0 fully saturated rings. The first kappa shape index (κ1) is 67.1. The Morgan fingerprint density at radius 2 is 0.667 bits per heavy atom. The van der Waals surface area contributed by atoms with Crippen LogP contribution in [0, 0.1) is 0 Å². The number of hydrogen-bond donors (Lipinski definition) is 2. The number of aliphatic hydroxyl groups excluding tert-OH is 1. The van der Waals surface area contributed by atoms with Gasteiger partial charge in [-0.15, -0.1) is 0 Å². The maximum Gasteiger partial charge on any atom is 0.305 e. The number of unbranched alkanes of at least 4 members (excludes halogenated alkanes) is 36. The molecule has 69 heavy (non-hydrogen) atoms. The van der Waals surface area contributed by atoms with Crippen molar-refractivity contribution in [1.82, 2.24) is 9.80 Å². The molecule has 0 aliphatic rings. The Bertz CT molecular complexity index is 1120. The Hall–Kier alpha value is -1.93. The highest BCUT2D eigenvalue weighted by Gasteiger charge is 2.11. The summed E-state index contributed by atoms with van der Waals surface area (Å²) in [5.74, 6) is 1.70. The average molecular weight is 978 g/mol. The maximum absolute atomic E-state index is 12.4. The van der Waals surface area contributed by atoms with E-state index in [0.717, 1.165) is 116 Å². The van der Waals surface area contributed by atoms with E-state index in [1.807, 2.05) is 5.94 Å². The highest BCUT2D eigenvalue weighted by atomic mass is 16.5. The first-order valence-corrected chi connectivity index (χ1v) is 30.3. The van der Waals surface area contributed by atoms with Crippen molar-refractivity contribution in [3.63, 3.8) is 0 Å². The van der Waals surface area contributed by atoms with E-state index in [1.165, 1.54) is 180 Å². The number of carboxylic acid groups (broad SMARTS) is 1. The summed E-state index contributed by atoms with van der Waals surface area (Å²) in [6.45, 7) is 11.2. The number of aliphatic hydroxyl groups is 1. The van der Waals surface area contributed by atoms with Gasteiger partial charge in [-0.2, -0.15) is 0 Å². The number of rotatable bonds is 59. The molecule has 0 radical (unpaired) electrons. The van der Waals surface area contributed by atoms with Crippen molar-refractivity contribution in [2.75, 3.05) is 59.1 Å². The molecule has 0 spiro atoms. The van der Waals surface area contributed by atoms with Crippen LogP contribution in [0.5, 0.6) is 0 Å². The summed E-state index contributed by atoms with van der Waals surface area (Å²) < 4.78 is 11.3. The van der Waals surface area contributed by atoms with Gasteiger partial charge in [0.1, 0.15) is 0 Å². The van der Waals surface area contributed by atoms with Crippen molar-refractivity contribution < 1.29 is 34.1 Å². The van der Waals surface area contributed by atoms with Crippen molar-refractivity contribution >= 4 is 17.9 Å². The van der Waals surface area contributed by atoms with Gasteiger partial charge in [0.25, 0.3) is 0 Å². The quantitative estimate of drug-likeness (QED) is 0.0266. The summed E-state index contributed by atoms with van der Waals surface area (Å²) in [7, 11) is 0. The molecule has 0 heterocycles. The average Bonchev–Trinajstić information content (AvgIpc) is 3.34. The molecule has 0 amide bonds. The van der Waals surface area contributed by atoms with Crippen molar-refractivity contribution in [1.29, 1.82) is 0 Å². The highest BCUT2D eigenvalue weighted by molar-refractivity contribution is 5.69. The van der Waals surface area contributed by atoms with Gasteiger partial charge in [0.2, 0.25) is 0 Å². The van der Waals surface area contributed by atoms with Gasteiger partial charge in [-0.3, -0.25) is 9.59 Å². The van der Waals surface area contributed by atoms with E-state index in [1.54, 1.807) is 0 Å². The first-order chi connectivity index (χ1) is 34.0. The topological polar surface area (TPSA) is 117 Å². The predicted molar refractivity (Wildman–Crippen MR) is 293 cm³/mol. The van der Waals surface area contributed by atoms with Crippen LogP contribution in [0.2, 0.25) is 0 Å². The number of carboxylic acids is 1. The minimum Gasteiger partial charge on any atom is -0.487 e. The molecule has 9 heteroatoms. The Morgan fingerprint density at radius 1 is 0.362 bits per heavy atom. The molecule has 2 N–H and O–H groups in total. The molecule has 0 aromatic heterocycles. The zero-order valence-corrected chi connectivity index (χ0v) is 46.0. The van der Waals surface area contributed by atoms with Gasteiger partial charge in [0.05, 0.1) is 19.8 Å². The van der Waals surface area contributed by atoms with Crippen molar-refractivity contribution in [2.24, 2.45) is 0 Å². The number of aliphatic carboxylic acids is 1. The van der Waals surface area contributed by atoms with E-state index >= 15 is 0 Å². The van der Waals surface area contributed by atoms with Crippen LogP contribution in [0.25, 0.3) is 0 Å². The third kappa shape index (κ3) is 53.7. The molecule has 0 saturated carbocycles. The number of carbonyl (C=O) groups excluding carboxylic acids is 2. The number of allylic oxidation sites excluding steroid dienone is 1. The smallest absolute Gasteiger partial charge is 0.305 e. The van der Waals surface area contributed by atoms with Crippen LogP contribution < -0.4 is 0 Å². The second-order valence-electron chi connectivity index (χ2n) is 20.8. The molecule has 0 aromatic carbocycles. The lowest BCUT2D eigenvalue weighted by molar-refractivity contribution is -0.144. The maximum atomic E-state index is 12.4. The van der Waals surface area contributed by atoms with E-state index in [0.29, 0.717) is 44.8 Å². The molecule has 0 saturated heterocycles. The summed E-state index contributed by atoms with van der Waals surface area (Å²) in [6.07, 6.45) is 53.7. The molecular formula is C60H116N2O7. The molecular weight excluding hydrogens is 861 g/mol. The van der Waals surface area contributed by atoms with Crippen LogP contribution in [0.15, 0.2) is 5.76 Å². The molecule has 0 rings (SSSR count). The van der Waals surface area contributed by atoms with Crippen LogP contribution in [0.3, 0.4) is 0 Å². The van der Waals surface area contributed by atoms with Crippen molar-refractivity contribution in [3.8, 4) is 0 Å². The Labute approximate surface area is 427 Å². The predicted octanol–water partition coefficient (Wildman–Crippen LogP) is 16.5. The van der Waals surface area contributed by atoms with Crippen LogP contribution in [-0.4, -0.2) is 97.0 Å². The lowest BCUT2D eigenvalue weighted by Gasteiger charge is -2.25. The van der Waals surface area contributed by atoms with Gasteiger partial charge in [0.15, 0.2) is 11.7 Å². The number of carbonyl (C=O) groups is 2.